The molecule has 0 bridgehead atoms. The van der Waals surface area contributed by atoms with Crippen LogP contribution in [-0.4, -0.2) is 43.7 Å². The Hall–Kier alpha value is -3.82. The third kappa shape index (κ3) is 9.09. The number of hydrogen-bond acceptors (Lipinski definition) is 7. The molecule has 7 nitrogen and oxygen atoms in total. The molecule has 0 amide bonds. The van der Waals surface area contributed by atoms with E-state index in [0.29, 0.717) is 42.4 Å². The van der Waals surface area contributed by atoms with Crippen LogP contribution < -0.4 is 20.5 Å². The Bertz CT molecular complexity index is 1330. The number of ketones is 1. The number of ether oxygens (including phenoxy) is 3. The first-order valence-corrected chi connectivity index (χ1v) is 13.9. The van der Waals surface area contributed by atoms with Gasteiger partial charge in [-0.25, -0.2) is 8.78 Å². The molecule has 2 atom stereocenters. The summed E-state index contributed by atoms with van der Waals surface area (Å²) in [7, 11) is 0. The topological polar surface area (TPSA) is 99.9 Å². The summed E-state index contributed by atoms with van der Waals surface area (Å²) in [5, 5.41) is 3.27. The van der Waals surface area contributed by atoms with Crippen molar-refractivity contribution in [2.24, 2.45) is 5.73 Å². The van der Waals surface area contributed by atoms with E-state index in [9.17, 15) is 18.4 Å². The summed E-state index contributed by atoms with van der Waals surface area (Å²) in [5.41, 5.74) is 9.44. The number of Topliss-reactive ketones (excluding diaryl/α,β-unsaturated/α-hetero) is 1. The van der Waals surface area contributed by atoms with Crippen LogP contribution >= 0.6 is 0 Å². The first kappa shape index (κ1) is 30.1. The van der Waals surface area contributed by atoms with Crippen molar-refractivity contribution in [3.63, 3.8) is 0 Å². The standard InChI is InChI=1S/C32H36F2N2O5/c1-2-21-5-3-6-22(13-21)19-36-20-31(27(35)16-23-14-25(33)18-26(34)15-23)41-32(38)10-8-28(37)24-7-9-29-30(17-24)40-12-4-11-39-29/h3,5-7,9,13-15,17-18,27,31,36H,2,4,8,10-12,16,19-20,35H2,1H3. The summed E-state index contributed by atoms with van der Waals surface area (Å²) in [6, 6.07) is 15.6. The van der Waals surface area contributed by atoms with Crippen LogP contribution in [0.2, 0.25) is 0 Å². The molecule has 3 aromatic carbocycles. The molecule has 218 valence electrons. The van der Waals surface area contributed by atoms with Gasteiger partial charge in [0.25, 0.3) is 0 Å². The SMILES string of the molecule is CCc1cccc(CNCC(OC(=O)CCC(=O)c2ccc3c(c2)OCCCO3)C(N)Cc2cc(F)cc(F)c2)c1. The van der Waals surface area contributed by atoms with Gasteiger partial charge in [-0.2, -0.15) is 0 Å². The number of hydrogen-bond donors (Lipinski definition) is 2. The minimum absolute atomic E-state index is 0.0627. The van der Waals surface area contributed by atoms with Gasteiger partial charge in [-0.1, -0.05) is 31.2 Å². The van der Waals surface area contributed by atoms with E-state index >= 15 is 0 Å². The van der Waals surface area contributed by atoms with Gasteiger partial charge in [0.1, 0.15) is 17.7 Å². The average molecular weight is 567 g/mol. The molecule has 0 saturated heterocycles. The van der Waals surface area contributed by atoms with Gasteiger partial charge in [0.2, 0.25) is 0 Å². The molecule has 9 heteroatoms. The quantitative estimate of drug-likeness (QED) is 0.224. The van der Waals surface area contributed by atoms with Gasteiger partial charge in [-0.3, -0.25) is 9.59 Å². The Morgan fingerprint density at radius 1 is 0.927 bits per heavy atom. The monoisotopic (exact) mass is 566 g/mol. The first-order chi connectivity index (χ1) is 19.8. The van der Waals surface area contributed by atoms with Crippen LogP contribution in [0.5, 0.6) is 11.5 Å². The molecule has 3 aromatic rings. The Labute approximate surface area is 239 Å². The van der Waals surface area contributed by atoms with Crippen molar-refractivity contribution < 1.29 is 32.6 Å². The van der Waals surface area contributed by atoms with Crippen molar-refractivity contribution in [1.29, 1.82) is 0 Å². The van der Waals surface area contributed by atoms with E-state index in [2.05, 4.69) is 24.4 Å². The second-order valence-electron chi connectivity index (χ2n) is 10.1. The predicted octanol–water partition coefficient (Wildman–Crippen LogP) is 4.92. The highest BCUT2D eigenvalue weighted by molar-refractivity contribution is 5.98. The largest absolute Gasteiger partial charge is 0.490 e. The minimum atomic E-state index is -0.795. The van der Waals surface area contributed by atoms with Crippen molar-refractivity contribution >= 4 is 11.8 Å². The zero-order valence-electron chi connectivity index (χ0n) is 23.2. The smallest absolute Gasteiger partial charge is 0.306 e. The van der Waals surface area contributed by atoms with E-state index in [1.54, 1.807) is 18.2 Å². The lowest BCUT2D eigenvalue weighted by Crippen LogP contribution is -2.46. The van der Waals surface area contributed by atoms with Crippen LogP contribution in [0.25, 0.3) is 0 Å². The number of esters is 1. The Balaban J connectivity index is 1.37. The first-order valence-electron chi connectivity index (χ1n) is 13.9. The summed E-state index contributed by atoms with van der Waals surface area (Å²) < 4.78 is 44.5. The average Bonchev–Trinajstić information content (AvgIpc) is 3.20. The predicted molar refractivity (Wildman–Crippen MR) is 151 cm³/mol. The van der Waals surface area contributed by atoms with Crippen molar-refractivity contribution in [3.05, 3.63) is 94.6 Å². The molecule has 41 heavy (non-hydrogen) atoms. The highest BCUT2D eigenvalue weighted by atomic mass is 19.1. The van der Waals surface area contributed by atoms with Gasteiger partial charge < -0.3 is 25.3 Å². The zero-order valence-corrected chi connectivity index (χ0v) is 23.2. The summed E-state index contributed by atoms with van der Waals surface area (Å²) in [4.78, 5) is 25.6. The van der Waals surface area contributed by atoms with Crippen molar-refractivity contribution in [1.82, 2.24) is 5.32 Å². The maximum atomic E-state index is 13.7. The van der Waals surface area contributed by atoms with Crippen molar-refractivity contribution in [2.45, 2.75) is 57.7 Å². The Morgan fingerprint density at radius 3 is 2.41 bits per heavy atom. The number of halogens is 2. The molecule has 3 N–H and O–H groups in total. The van der Waals surface area contributed by atoms with E-state index in [1.807, 2.05) is 12.1 Å². The summed E-state index contributed by atoms with van der Waals surface area (Å²) in [6.45, 7) is 3.86. The van der Waals surface area contributed by atoms with Crippen LogP contribution in [0, 0.1) is 11.6 Å². The molecular formula is C32H36F2N2O5. The van der Waals surface area contributed by atoms with Crippen molar-refractivity contribution in [2.75, 3.05) is 19.8 Å². The van der Waals surface area contributed by atoms with Crippen LogP contribution in [0.3, 0.4) is 0 Å². The molecule has 0 fully saturated rings. The molecule has 0 aromatic heterocycles. The molecule has 2 unspecified atom stereocenters. The number of carbonyl (C=O) groups excluding carboxylic acids is 2. The summed E-state index contributed by atoms with van der Waals surface area (Å²) >= 11 is 0. The fourth-order valence-corrected chi connectivity index (χ4v) is 4.66. The molecule has 0 spiro atoms. The molecule has 0 radical (unpaired) electrons. The van der Waals surface area contributed by atoms with Crippen LogP contribution in [0.4, 0.5) is 8.78 Å². The summed E-state index contributed by atoms with van der Waals surface area (Å²) in [5.74, 6) is -1.14. The van der Waals surface area contributed by atoms with E-state index < -0.39 is 29.7 Å². The van der Waals surface area contributed by atoms with Crippen molar-refractivity contribution in [3.8, 4) is 11.5 Å². The van der Waals surface area contributed by atoms with Gasteiger partial charge in [-0.15, -0.1) is 0 Å². The molecule has 1 heterocycles. The van der Waals surface area contributed by atoms with E-state index in [4.69, 9.17) is 19.9 Å². The van der Waals surface area contributed by atoms with Gasteiger partial charge in [0, 0.05) is 43.6 Å². The van der Waals surface area contributed by atoms with Gasteiger partial charge in [-0.05, 0) is 59.9 Å². The number of fused-ring (bicyclic) bond motifs is 1. The second kappa shape index (κ2) is 14.7. The number of aryl methyl sites for hydroxylation is 1. The number of rotatable bonds is 13. The lowest BCUT2D eigenvalue weighted by molar-refractivity contribution is -0.149. The molecule has 1 aliphatic heterocycles. The third-order valence-electron chi connectivity index (χ3n) is 6.85. The van der Waals surface area contributed by atoms with Crippen LogP contribution in [0.1, 0.15) is 53.2 Å². The number of nitrogens with two attached hydrogens (primary N) is 1. The normalized spacial score (nSPS) is 14.1. The molecule has 4 rings (SSSR count). The minimum Gasteiger partial charge on any atom is -0.490 e. The van der Waals surface area contributed by atoms with Gasteiger partial charge in [0.05, 0.1) is 19.6 Å². The third-order valence-corrected chi connectivity index (χ3v) is 6.85. The van der Waals surface area contributed by atoms with Crippen LogP contribution in [-0.2, 0) is 28.9 Å². The Morgan fingerprint density at radius 2 is 1.66 bits per heavy atom. The number of benzene rings is 3. The zero-order chi connectivity index (χ0) is 29.2. The van der Waals surface area contributed by atoms with E-state index in [1.165, 1.54) is 17.7 Å². The highest BCUT2D eigenvalue weighted by Gasteiger charge is 2.24. The van der Waals surface area contributed by atoms with E-state index in [-0.39, 0.29) is 31.6 Å². The second-order valence-corrected chi connectivity index (χ2v) is 10.1. The lowest BCUT2D eigenvalue weighted by Gasteiger charge is -2.25. The van der Waals surface area contributed by atoms with Gasteiger partial charge in [0.15, 0.2) is 17.3 Å². The van der Waals surface area contributed by atoms with Gasteiger partial charge >= 0.3 is 5.97 Å². The van der Waals surface area contributed by atoms with Crippen LogP contribution in [0.15, 0.2) is 60.7 Å². The maximum Gasteiger partial charge on any atom is 0.306 e. The summed E-state index contributed by atoms with van der Waals surface area (Å²) in [6.07, 6.45) is 0.748. The Kier molecular flexibility index (Phi) is 10.8. The molecular weight excluding hydrogens is 530 g/mol. The number of nitrogens with one attached hydrogen (secondary N) is 1. The highest BCUT2D eigenvalue weighted by Crippen LogP contribution is 2.31. The fourth-order valence-electron chi connectivity index (χ4n) is 4.66. The van der Waals surface area contributed by atoms with E-state index in [0.717, 1.165) is 24.5 Å². The molecule has 0 saturated carbocycles. The fraction of sp³-hybridized carbons (Fsp3) is 0.375. The molecule has 1 aliphatic rings. The maximum absolute atomic E-state index is 13.7. The molecule has 0 aliphatic carbocycles. The lowest BCUT2D eigenvalue weighted by atomic mass is 10.0. The number of carbonyl (C=O) groups is 2.